The van der Waals surface area contributed by atoms with Gasteiger partial charge in [-0.25, -0.2) is 0 Å². The van der Waals surface area contributed by atoms with E-state index in [1.54, 1.807) is 42.6 Å². The van der Waals surface area contributed by atoms with Crippen molar-refractivity contribution in [3.8, 4) is 0 Å². The lowest BCUT2D eigenvalue weighted by Gasteiger charge is -2.25. The Hall–Kier alpha value is -3.80. The molecule has 6 heteroatoms. The van der Waals surface area contributed by atoms with Crippen LogP contribution in [0.5, 0.6) is 0 Å². The number of carbonyl (C=O) groups excluding carboxylic acids is 3. The zero-order chi connectivity index (χ0) is 19.5. The van der Waals surface area contributed by atoms with Crippen LogP contribution in [0.25, 0.3) is 0 Å². The number of nitrogens with zero attached hydrogens (tertiary/aromatic N) is 2. The van der Waals surface area contributed by atoms with Gasteiger partial charge in [0.15, 0.2) is 0 Å². The Morgan fingerprint density at radius 3 is 2.14 bits per heavy atom. The van der Waals surface area contributed by atoms with Gasteiger partial charge in [0.25, 0.3) is 11.8 Å². The first-order valence-corrected chi connectivity index (χ1v) is 8.87. The van der Waals surface area contributed by atoms with Gasteiger partial charge in [-0.05, 0) is 29.8 Å². The fourth-order valence-corrected chi connectivity index (χ4v) is 3.29. The summed E-state index contributed by atoms with van der Waals surface area (Å²) in [6, 6.07) is 18.3. The third-order valence-corrected chi connectivity index (χ3v) is 4.64. The molecule has 1 N–H and O–H groups in total. The Kier molecular flexibility index (Phi) is 4.68. The van der Waals surface area contributed by atoms with Crippen molar-refractivity contribution in [3.63, 3.8) is 0 Å². The predicted molar refractivity (Wildman–Crippen MR) is 104 cm³/mol. The number of nitrogens with one attached hydrogen (secondary N) is 1. The van der Waals surface area contributed by atoms with E-state index in [2.05, 4.69) is 10.3 Å². The molecule has 28 heavy (non-hydrogen) atoms. The fraction of sp³-hybridized carbons (Fsp3) is 0.0909. The van der Waals surface area contributed by atoms with Gasteiger partial charge in [-0.2, -0.15) is 0 Å². The number of imide groups is 1. The lowest BCUT2D eigenvalue weighted by atomic mass is 10.0. The summed E-state index contributed by atoms with van der Waals surface area (Å²) in [5.74, 6) is -1.35. The number of aromatic nitrogens is 1. The molecule has 1 unspecified atom stereocenters. The molecule has 3 amide bonds. The zero-order valence-corrected chi connectivity index (χ0v) is 14.9. The summed E-state index contributed by atoms with van der Waals surface area (Å²) in [6.07, 6.45) is 3.33. The topological polar surface area (TPSA) is 79.4 Å². The monoisotopic (exact) mass is 371 g/mol. The number of rotatable bonds is 5. The minimum absolute atomic E-state index is 0.221. The molecule has 2 aromatic carbocycles. The Labute approximate surface area is 161 Å². The molecule has 3 aromatic rings. The van der Waals surface area contributed by atoms with E-state index in [4.69, 9.17) is 0 Å². The smallest absolute Gasteiger partial charge is 0.262 e. The Bertz CT molecular complexity index is 1000. The maximum Gasteiger partial charge on any atom is 0.262 e. The predicted octanol–water partition coefficient (Wildman–Crippen LogP) is 2.93. The van der Waals surface area contributed by atoms with Crippen LogP contribution in [0.15, 0.2) is 79.1 Å². The molecule has 0 bridgehead atoms. The number of benzene rings is 2. The molecule has 0 radical (unpaired) electrons. The quantitative estimate of drug-likeness (QED) is 0.700. The molecule has 1 aromatic heterocycles. The maximum absolute atomic E-state index is 13.1. The molecule has 0 spiro atoms. The average molecular weight is 371 g/mol. The average Bonchev–Trinajstić information content (AvgIpc) is 2.98. The van der Waals surface area contributed by atoms with Gasteiger partial charge in [-0.3, -0.25) is 24.3 Å². The van der Waals surface area contributed by atoms with E-state index in [1.807, 2.05) is 30.3 Å². The largest absolute Gasteiger partial charge is 0.323 e. The molecule has 1 aliphatic heterocycles. The van der Waals surface area contributed by atoms with Gasteiger partial charge in [-0.1, -0.05) is 42.5 Å². The highest BCUT2D eigenvalue weighted by atomic mass is 16.2. The second-order valence-corrected chi connectivity index (χ2v) is 6.46. The normalized spacial score (nSPS) is 13.9. The summed E-state index contributed by atoms with van der Waals surface area (Å²) in [5.41, 5.74) is 1.99. The second-order valence-electron chi connectivity index (χ2n) is 6.46. The van der Waals surface area contributed by atoms with Crippen LogP contribution in [0.4, 0.5) is 5.69 Å². The van der Waals surface area contributed by atoms with Crippen molar-refractivity contribution in [1.82, 2.24) is 9.88 Å². The van der Waals surface area contributed by atoms with E-state index in [0.29, 0.717) is 16.8 Å². The highest BCUT2D eigenvalue weighted by Gasteiger charge is 2.42. The Morgan fingerprint density at radius 1 is 0.893 bits per heavy atom. The first kappa shape index (κ1) is 17.6. The maximum atomic E-state index is 13.1. The molecule has 0 fully saturated rings. The van der Waals surface area contributed by atoms with Crippen LogP contribution in [0.3, 0.4) is 0 Å². The molecule has 0 aliphatic carbocycles. The Balaban J connectivity index is 1.68. The summed E-state index contributed by atoms with van der Waals surface area (Å²) in [5, 5.41) is 2.76. The van der Waals surface area contributed by atoms with E-state index in [0.717, 1.165) is 10.5 Å². The lowest BCUT2D eigenvalue weighted by molar-refractivity contribution is -0.119. The molecule has 6 nitrogen and oxygen atoms in total. The van der Waals surface area contributed by atoms with Gasteiger partial charge >= 0.3 is 0 Å². The molecule has 0 saturated heterocycles. The standard InChI is InChI=1S/C22H17N3O3/c26-20(24-16-9-6-12-23-14-16)19(13-15-7-2-1-3-8-15)25-21(27)17-10-4-5-11-18(17)22(25)28/h1-12,14,19H,13H2,(H,24,26). The molecular weight excluding hydrogens is 354 g/mol. The summed E-state index contributed by atoms with van der Waals surface area (Å²) < 4.78 is 0. The van der Waals surface area contributed by atoms with Gasteiger partial charge in [-0.15, -0.1) is 0 Å². The third kappa shape index (κ3) is 3.27. The van der Waals surface area contributed by atoms with Gasteiger partial charge < -0.3 is 5.32 Å². The highest BCUT2D eigenvalue weighted by molar-refractivity contribution is 6.23. The van der Waals surface area contributed by atoms with Crippen molar-refractivity contribution >= 4 is 23.4 Å². The van der Waals surface area contributed by atoms with Crippen LogP contribution in [0, 0.1) is 0 Å². The molecule has 0 saturated carbocycles. The summed E-state index contributed by atoms with van der Waals surface area (Å²) >= 11 is 0. The number of hydrogen-bond acceptors (Lipinski definition) is 4. The van der Waals surface area contributed by atoms with Crippen LogP contribution in [0.2, 0.25) is 0 Å². The van der Waals surface area contributed by atoms with Crippen LogP contribution >= 0.6 is 0 Å². The van der Waals surface area contributed by atoms with Gasteiger partial charge in [0.2, 0.25) is 5.91 Å². The van der Waals surface area contributed by atoms with E-state index >= 15 is 0 Å². The lowest BCUT2D eigenvalue weighted by Crippen LogP contribution is -2.48. The first-order valence-electron chi connectivity index (χ1n) is 8.87. The van der Waals surface area contributed by atoms with E-state index in [1.165, 1.54) is 6.20 Å². The molecule has 4 rings (SSSR count). The van der Waals surface area contributed by atoms with Crippen molar-refractivity contribution < 1.29 is 14.4 Å². The molecular formula is C22H17N3O3. The van der Waals surface area contributed by atoms with Gasteiger partial charge in [0.05, 0.1) is 23.0 Å². The Morgan fingerprint density at radius 2 is 1.54 bits per heavy atom. The number of anilines is 1. The third-order valence-electron chi connectivity index (χ3n) is 4.64. The molecule has 2 heterocycles. The van der Waals surface area contributed by atoms with Crippen molar-refractivity contribution in [2.24, 2.45) is 0 Å². The van der Waals surface area contributed by atoms with Crippen molar-refractivity contribution in [3.05, 3.63) is 95.8 Å². The molecule has 1 aliphatic rings. The van der Waals surface area contributed by atoms with Gasteiger partial charge in [0.1, 0.15) is 6.04 Å². The van der Waals surface area contributed by atoms with Gasteiger partial charge in [0, 0.05) is 12.6 Å². The second kappa shape index (κ2) is 7.44. The number of amides is 3. The minimum atomic E-state index is -0.977. The minimum Gasteiger partial charge on any atom is -0.323 e. The SMILES string of the molecule is O=C(Nc1cccnc1)C(Cc1ccccc1)N1C(=O)c2ccccc2C1=O. The van der Waals surface area contributed by atoms with E-state index in [9.17, 15) is 14.4 Å². The van der Waals surface area contributed by atoms with E-state index in [-0.39, 0.29) is 6.42 Å². The number of pyridine rings is 1. The first-order chi connectivity index (χ1) is 13.6. The molecule has 1 atom stereocenters. The van der Waals surface area contributed by atoms with Crippen molar-refractivity contribution in [2.45, 2.75) is 12.5 Å². The number of carbonyl (C=O) groups is 3. The summed E-state index contributed by atoms with van der Waals surface area (Å²) in [7, 11) is 0. The zero-order valence-electron chi connectivity index (χ0n) is 14.9. The van der Waals surface area contributed by atoms with Crippen LogP contribution in [-0.4, -0.2) is 33.6 Å². The molecule has 138 valence electrons. The number of fused-ring (bicyclic) bond motifs is 1. The van der Waals surface area contributed by atoms with Crippen molar-refractivity contribution in [2.75, 3.05) is 5.32 Å². The fourth-order valence-electron chi connectivity index (χ4n) is 3.29. The van der Waals surface area contributed by atoms with Crippen LogP contribution in [0.1, 0.15) is 26.3 Å². The summed E-state index contributed by atoms with van der Waals surface area (Å²) in [4.78, 5) is 43.9. The summed E-state index contributed by atoms with van der Waals surface area (Å²) in [6.45, 7) is 0. The van der Waals surface area contributed by atoms with E-state index < -0.39 is 23.8 Å². The highest BCUT2D eigenvalue weighted by Crippen LogP contribution is 2.26. The number of hydrogen-bond donors (Lipinski definition) is 1. The van der Waals surface area contributed by atoms with Crippen molar-refractivity contribution in [1.29, 1.82) is 0 Å². The van der Waals surface area contributed by atoms with Crippen LogP contribution < -0.4 is 5.32 Å². The van der Waals surface area contributed by atoms with Crippen LogP contribution in [-0.2, 0) is 11.2 Å².